The predicted molar refractivity (Wildman–Crippen MR) is 177 cm³/mol. The van der Waals surface area contributed by atoms with Gasteiger partial charge in [0.25, 0.3) is 11.8 Å². The number of H-pyrrole nitrogens is 1. The van der Waals surface area contributed by atoms with Crippen molar-refractivity contribution in [3.8, 4) is 0 Å². The zero-order valence-corrected chi connectivity index (χ0v) is 29.2. The fourth-order valence-corrected chi connectivity index (χ4v) is 7.15. The highest BCUT2D eigenvalue weighted by atomic mass is 19.3. The molecule has 3 amide bonds. The minimum atomic E-state index is -2.99. The molecule has 2 unspecified atom stereocenters. The Morgan fingerprint density at radius 3 is 2.39 bits per heavy atom. The zero-order chi connectivity index (χ0) is 35.8. The third-order valence-corrected chi connectivity index (χ3v) is 9.79. The van der Waals surface area contributed by atoms with Gasteiger partial charge in [-0.1, -0.05) is 32.4 Å². The van der Waals surface area contributed by atoms with Gasteiger partial charge in [0.15, 0.2) is 5.83 Å². The SMILES string of the molecule is C=C/C(=C(/F)c1nc([C@@H](NC(=O)c2ccnn2CC)C2CCC(C)CC2)[nH]c1C)C1CN(C(=O)OC(C)(C)C)CC1C(=O)N1CC(F)(F)C1. The Morgan fingerprint density at radius 2 is 1.80 bits per heavy atom. The van der Waals surface area contributed by atoms with Gasteiger partial charge < -0.3 is 24.8 Å². The molecule has 0 aromatic carbocycles. The van der Waals surface area contributed by atoms with Gasteiger partial charge in [0, 0.05) is 37.4 Å². The number of aromatic amines is 1. The van der Waals surface area contributed by atoms with Crippen molar-refractivity contribution in [2.24, 2.45) is 23.7 Å². The summed E-state index contributed by atoms with van der Waals surface area (Å²) in [4.78, 5) is 50.4. The van der Waals surface area contributed by atoms with E-state index in [0.29, 0.717) is 29.7 Å². The molecule has 0 bridgehead atoms. The summed E-state index contributed by atoms with van der Waals surface area (Å²) in [5.41, 5.74) is 0.0197. The summed E-state index contributed by atoms with van der Waals surface area (Å²) in [6.45, 7) is 13.6. The summed E-state index contributed by atoms with van der Waals surface area (Å²) in [5.74, 6) is -5.51. The van der Waals surface area contributed by atoms with E-state index in [-0.39, 0.29) is 36.2 Å². The van der Waals surface area contributed by atoms with Crippen LogP contribution in [0.2, 0.25) is 0 Å². The molecule has 2 saturated heterocycles. The first-order valence-corrected chi connectivity index (χ1v) is 17.1. The molecule has 2 aromatic rings. The fraction of sp³-hybridized carbons (Fsp3) is 0.629. The minimum absolute atomic E-state index is 0.00988. The van der Waals surface area contributed by atoms with Crippen molar-refractivity contribution in [3.63, 3.8) is 0 Å². The molecule has 5 rings (SSSR count). The monoisotopic (exact) mass is 687 g/mol. The van der Waals surface area contributed by atoms with Crippen LogP contribution >= 0.6 is 0 Å². The Kier molecular flexibility index (Phi) is 10.4. The number of likely N-dealkylation sites (tertiary alicyclic amines) is 2. The number of nitrogens with one attached hydrogen (secondary N) is 2. The van der Waals surface area contributed by atoms with Crippen LogP contribution in [0.4, 0.5) is 18.0 Å². The first-order chi connectivity index (χ1) is 23.0. The van der Waals surface area contributed by atoms with E-state index < -0.39 is 60.3 Å². The maximum absolute atomic E-state index is 16.8. The summed E-state index contributed by atoms with van der Waals surface area (Å²) in [7, 11) is 0. The molecule has 49 heavy (non-hydrogen) atoms. The van der Waals surface area contributed by atoms with Crippen molar-refractivity contribution in [1.29, 1.82) is 0 Å². The molecule has 0 spiro atoms. The third-order valence-electron chi connectivity index (χ3n) is 9.79. The van der Waals surface area contributed by atoms with Crippen LogP contribution in [0.5, 0.6) is 0 Å². The Morgan fingerprint density at radius 1 is 1.14 bits per heavy atom. The van der Waals surface area contributed by atoms with E-state index in [0.717, 1.165) is 30.6 Å². The van der Waals surface area contributed by atoms with Crippen LogP contribution in [0.3, 0.4) is 0 Å². The van der Waals surface area contributed by atoms with Gasteiger partial charge >= 0.3 is 6.09 Å². The summed E-state index contributed by atoms with van der Waals surface area (Å²) in [6, 6.07) is 1.11. The van der Waals surface area contributed by atoms with Crippen LogP contribution in [0, 0.1) is 30.6 Å². The lowest BCUT2D eigenvalue weighted by molar-refractivity contribution is -0.169. The van der Waals surface area contributed by atoms with E-state index in [2.05, 4.69) is 28.9 Å². The maximum atomic E-state index is 16.8. The number of allylic oxidation sites excluding steroid dienone is 1. The molecule has 2 N–H and O–H groups in total. The number of rotatable bonds is 9. The van der Waals surface area contributed by atoms with Gasteiger partial charge in [-0.25, -0.2) is 22.9 Å². The standard InChI is InChI=1S/C35H48F3N7O4/c1-8-23(24-16-43(33(48)49-34(5,6)7)17-25(24)32(47)44-18-35(37,38)19-44)27(36)28-21(4)40-30(41-28)29(22-12-10-20(3)11-13-22)42-31(46)26-14-15-39-45(26)9-2/h8,14-15,20,22,24-25,29H,1,9-13,16-19H2,2-7H3,(H,40,41)(H,42,46)/b27-23-/t20?,22?,24?,25?,29-/m0/s1. The smallest absolute Gasteiger partial charge is 0.410 e. The molecule has 3 atom stereocenters. The average molecular weight is 688 g/mol. The van der Waals surface area contributed by atoms with Gasteiger partial charge in [-0.05, 0) is 70.9 Å². The normalized spacial score (nSPS) is 24.9. The number of carbonyl (C=O) groups is 3. The number of nitrogens with zero attached hydrogens (tertiary/aromatic N) is 5. The molecule has 2 aromatic heterocycles. The molecular weight excluding hydrogens is 639 g/mol. The topological polar surface area (TPSA) is 125 Å². The van der Waals surface area contributed by atoms with E-state index in [1.165, 1.54) is 11.0 Å². The van der Waals surface area contributed by atoms with Crippen molar-refractivity contribution in [2.75, 3.05) is 26.2 Å². The summed E-state index contributed by atoms with van der Waals surface area (Å²) >= 11 is 0. The second-order valence-electron chi connectivity index (χ2n) is 14.7. The predicted octanol–water partition coefficient (Wildman–Crippen LogP) is 6.06. The van der Waals surface area contributed by atoms with Crippen molar-refractivity contribution in [2.45, 2.75) is 91.3 Å². The van der Waals surface area contributed by atoms with Crippen molar-refractivity contribution in [3.05, 3.63) is 53.4 Å². The quantitative estimate of drug-likeness (QED) is 0.309. The lowest BCUT2D eigenvalue weighted by Crippen LogP contribution is -2.60. The van der Waals surface area contributed by atoms with Gasteiger partial charge in [0.2, 0.25) is 5.91 Å². The van der Waals surface area contributed by atoms with E-state index in [1.807, 2.05) is 6.92 Å². The lowest BCUT2D eigenvalue weighted by Gasteiger charge is -2.40. The van der Waals surface area contributed by atoms with E-state index in [4.69, 9.17) is 9.72 Å². The summed E-state index contributed by atoms with van der Waals surface area (Å²) in [5, 5.41) is 7.36. The second kappa shape index (κ2) is 14.0. The molecular formula is C35H48F3N7O4. The number of aryl methyl sites for hydroxylation is 2. The highest BCUT2D eigenvalue weighted by Crippen LogP contribution is 2.41. The molecule has 1 aliphatic carbocycles. The minimum Gasteiger partial charge on any atom is -0.444 e. The molecule has 11 nitrogen and oxygen atoms in total. The van der Waals surface area contributed by atoms with Crippen LogP contribution in [0.15, 0.2) is 30.5 Å². The van der Waals surface area contributed by atoms with Gasteiger partial charge in [-0.2, -0.15) is 5.10 Å². The average Bonchev–Trinajstić information content (AvgIpc) is 3.77. The van der Waals surface area contributed by atoms with E-state index >= 15 is 4.39 Å². The number of amides is 3. The summed E-state index contributed by atoms with van der Waals surface area (Å²) < 4.78 is 51.4. The van der Waals surface area contributed by atoms with Crippen LogP contribution in [0.1, 0.15) is 94.0 Å². The number of hydrogen-bond donors (Lipinski definition) is 2. The van der Waals surface area contributed by atoms with Crippen molar-refractivity contribution in [1.82, 2.24) is 34.9 Å². The largest absolute Gasteiger partial charge is 0.444 e. The van der Waals surface area contributed by atoms with Gasteiger partial charge in [-0.3, -0.25) is 14.3 Å². The van der Waals surface area contributed by atoms with Crippen LogP contribution in [-0.2, 0) is 16.1 Å². The Hall–Kier alpha value is -4.10. The van der Waals surface area contributed by atoms with Crippen LogP contribution < -0.4 is 5.32 Å². The van der Waals surface area contributed by atoms with E-state index in [9.17, 15) is 23.2 Å². The highest BCUT2D eigenvalue weighted by Gasteiger charge is 2.51. The third kappa shape index (κ3) is 7.88. The fourth-order valence-electron chi connectivity index (χ4n) is 7.15. The molecule has 1 saturated carbocycles. The number of alkyl halides is 2. The molecule has 3 aliphatic rings. The second-order valence-corrected chi connectivity index (χ2v) is 14.7. The summed E-state index contributed by atoms with van der Waals surface area (Å²) in [6.07, 6.45) is 5.86. The number of halogens is 3. The Labute approximate surface area is 285 Å². The van der Waals surface area contributed by atoms with Gasteiger partial charge in [0.05, 0.1) is 25.0 Å². The number of hydrogen-bond acceptors (Lipinski definition) is 6. The maximum Gasteiger partial charge on any atom is 0.410 e. The Balaban J connectivity index is 1.48. The molecule has 4 heterocycles. The zero-order valence-electron chi connectivity index (χ0n) is 29.2. The van der Waals surface area contributed by atoms with Gasteiger partial charge in [-0.15, -0.1) is 0 Å². The molecule has 2 aliphatic heterocycles. The number of imidazole rings is 1. The van der Waals surface area contributed by atoms with E-state index in [1.54, 1.807) is 44.6 Å². The number of aromatic nitrogens is 4. The molecule has 0 radical (unpaired) electrons. The van der Waals surface area contributed by atoms with Crippen molar-refractivity contribution < 1.29 is 32.3 Å². The Bertz CT molecular complexity index is 1590. The molecule has 268 valence electrons. The number of ether oxygens (including phenoxy) is 1. The van der Waals surface area contributed by atoms with Gasteiger partial charge in [0.1, 0.15) is 22.8 Å². The first-order valence-electron chi connectivity index (χ1n) is 17.1. The first kappa shape index (κ1) is 36.2. The molecule has 3 fully saturated rings. The molecule has 14 heteroatoms. The highest BCUT2D eigenvalue weighted by molar-refractivity contribution is 5.92. The number of carbonyl (C=O) groups excluding carboxylic acids is 3. The van der Waals surface area contributed by atoms with Crippen molar-refractivity contribution >= 4 is 23.7 Å². The van der Waals surface area contributed by atoms with Crippen LogP contribution in [-0.4, -0.2) is 85.2 Å². The lowest BCUT2D eigenvalue weighted by atomic mass is 9.79. The van der Waals surface area contributed by atoms with Crippen LogP contribution in [0.25, 0.3) is 5.83 Å².